The van der Waals surface area contributed by atoms with Crippen LogP contribution in [0.4, 0.5) is 5.69 Å². The van der Waals surface area contributed by atoms with Crippen LogP contribution in [-0.4, -0.2) is 32.3 Å². The standard InChI is InChI=1S/C21H26N2O3S/c1-16-12-17(2)14-19(13-16)22-27(25,26)20-9-7-8-18(15-20)21(24)23-10-5-3-4-6-11-23/h7-9,12-15,22H,3-6,10-11H2,1-2H3. The summed E-state index contributed by atoms with van der Waals surface area (Å²) in [6.45, 7) is 5.31. The van der Waals surface area contributed by atoms with Gasteiger partial charge in [0, 0.05) is 24.3 Å². The van der Waals surface area contributed by atoms with E-state index in [1.54, 1.807) is 24.3 Å². The molecule has 0 saturated carbocycles. The maximum absolute atomic E-state index is 12.8. The molecule has 0 atom stereocenters. The summed E-state index contributed by atoms with van der Waals surface area (Å²) < 4.78 is 28.2. The Morgan fingerprint density at radius 1 is 0.926 bits per heavy atom. The summed E-state index contributed by atoms with van der Waals surface area (Å²) in [5.74, 6) is -0.0969. The van der Waals surface area contributed by atoms with Gasteiger partial charge >= 0.3 is 0 Å². The Morgan fingerprint density at radius 3 is 2.19 bits per heavy atom. The van der Waals surface area contributed by atoms with Crippen LogP contribution in [0, 0.1) is 13.8 Å². The van der Waals surface area contributed by atoms with Crippen LogP contribution >= 0.6 is 0 Å². The van der Waals surface area contributed by atoms with Gasteiger partial charge in [-0.05, 0) is 68.1 Å². The third-order valence-corrected chi connectivity index (χ3v) is 6.14. The SMILES string of the molecule is Cc1cc(C)cc(NS(=O)(=O)c2cccc(C(=O)N3CCCCCC3)c2)c1. The fraction of sp³-hybridized carbons (Fsp3) is 0.381. The van der Waals surface area contributed by atoms with E-state index < -0.39 is 10.0 Å². The first kappa shape index (κ1) is 19.4. The minimum absolute atomic E-state index is 0.0969. The number of nitrogens with one attached hydrogen (secondary N) is 1. The number of likely N-dealkylation sites (tertiary alicyclic amines) is 1. The highest BCUT2D eigenvalue weighted by Crippen LogP contribution is 2.21. The van der Waals surface area contributed by atoms with E-state index in [-0.39, 0.29) is 10.8 Å². The van der Waals surface area contributed by atoms with Crippen molar-refractivity contribution in [2.75, 3.05) is 17.8 Å². The molecule has 2 aromatic carbocycles. The number of anilines is 1. The highest BCUT2D eigenvalue weighted by atomic mass is 32.2. The Labute approximate surface area is 161 Å². The van der Waals surface area contributed by atoms with Gasteiger partial charge in [-0.25, -0.2) is 8.42 Å². The van der Waals surface area contributed by atoms with Gasteiger partial charge < -0.3 is 4.90 Å². The van der Waals surface area contributed by atoms with Crippen LogP contribution in [0.5, 0.6) is 0 Å². The van der Waals surface area contributed by atoms with Crippen LogP contribution in [-0.2, 0) is 10.0 Å². The Balaban J connectivity index is 1.84. The van der Waals surface area contributed by atoms with Gasteiger partial charge in [0.05, 0.1) is 4.90 Å². The lowest BCUT2D eigenvalue weighted by molar-refractivity contribution is 0.0761. The normalized spacial score (nSPS) is 15.3. The fourth-order valence-electron chi connectivity index (χ4n) is 3.50. The van der Waals surface area contributed by atoms with E-state index in [2.05, 4.69) is 4.72 Å². The summed E-state index contributed by atoms with van der Waals surface area (Å²) in [6.07, 6.45) is 4.27. The maximum Gasteiger partial charge on any atom is 0.261 e. The molecule has 0 bridgehead atoms. The molecular weight excluding hydrogens is 360 g/mol. The molecule has 6 heteroatoms. The molecule has 144 valence electrons. The number of carbonyl (C=O) groups is 1. The van der Waals surface area contributed by atoms with E-state index in [0.717, 1.165) is 49.9 Å². The first-order valence-corrected chi connectivity index (χ1v) is 10.8. The summed E-state index contributed by atoms with van der Waals surface area (Å²) in [4.78, 5) is 14.7. The highest BCUT2D eigenvalue weighted by molar-refractivity contribution is 7.92. The molecule has 1 N–H and O–H groups in total. The minimum atomic E-state index is -3.76. The number of aryl methyl sites for hydroxylation is 2. The van der Waals surface area contributed by atoms with Crippen molar-refractivity contribution in [3.63, 3.8) is 0 Å². The van der Waals surface area contributed by atoms with Crippen LogP contribution in [0.1, 0.15) is 47.2 Å². The number of nitrogens with zero attached hydrogens (tertiary/aromatic N) is 1. The molecule has 1 heterocycles. The van der Waals surface area contributed by atoms with Crippen LogP contribution in [0.15, 0.2) is 47.4 Å². The number of hydrogen-bond acceptors (Lipinski definition) is 3. The molecule has 1 fully saturated rings. The van der Waals surface area contributed by atoms with Crippen molar-refractivity contribution in [1.82, 2.24) is 4.90 Å². The van der Waals surface area contributed by atoms with E-state index in [4.69, 9.17) is 0 Å². The van der Waals surface area contributed by atoms with E-state index >= 15 is 0 Å². The quantitative estimate of drug-likeness (QED) is 0.859. The molecule has 2 aromatic rings. The first-order chi connectivity index (χ1) is 12.8. The van der Waals surface area contributed by atoms with E-state index in [0.29, 0.717) is 11.3 Å². The van der Waals surface area contributed by atoms with Gasteiger partial charge in [0.15, 0.2) is 0 Å². The zero-order valence-corrected chi connectivity index (χ0v) is 16.7. The van der Waals surface area contributed by atoms with Crippen molar-refractivity contribution in [3.05, 3.63) is 59.2 Å². The number of benzene rings is 2. The molecule has 0 spiro atoms. The number of hydrogen-bond donors (Lipinski definition) is 1. The molecule has 1 aliphatic rings. The van der Waals surface area contributed by atoms with E-state index in [1.165, 1.54) is 12.1 Å². The van der Waals surface area contributed by atoms with Crippen molar-refractivity contribution >= 4 is 21.6 Å². The summed E-state index contributed by atoms with van der Waals surface area (Å²) >= 11 is 0. The summed E-state index contributed by atoms with van der Waals surface area (Å²) in [5, 5.41) is 0. The molecule has 1 amide bonds. The number of carbonyl (C=O) groups excluding carboxylic acids is 1. The molecule has 0 aromatic heterocycles. The van der Waals surface area contributed by atoms with Gasteiger partial charge in [0.2, 0.25) is 0 Å². The topological polar surface area (TPSA) is 66.5 Å². The Kier molecular flexibility index (Phi) is 5.85. The fourth-order valence-corrected chi connectivity index (χ4v) is 4.59. The van der Waals surface area contributed by atoms with Crippen LogP contribution in [0.3, 0.4) is 0 Å². The zero-order chi connectivity index (χ0) is 19.4. The van der Waals surface area contributed by atoms with Gasteiger partial charge in [-0.15, -0.1) is 0 Å². The predicted molar refractivity (Wildman–Crippen MR) is 108 cm³/mol. The molecule has 27 heavy (non-hydrogen) atoms. The van der Waals surface area contributed by atoms with Crippen LogP contribution in [0.2, 0.25) is 0 Å². The molecule has 1 aliphatic heterocycles. The van der Waals surface area contributed by atoms with Gasteiger partial charge in [-0.1, -0.05) is 25.0 Å². The van der Waals surface area contributed by atoms with E-state index in [1.807, 2.05) is 24.8 Å². The Morgan fingerprint density at radius 2 is 1.56 bits per heavy atom. The second-order valence-corrected chi connectivity index (χ2v) is 8.90. The van der Waals surface area contributed by atoms with Crippen molar-refractivity contribution in [1.29, 1.82) is 0 Å². The Bertz CT molecular complexity index is 910. The summed E-state index contributed by atoms with van der Waals surface area (Å²) in [6, 6.07) is 11.9. The first-order valence-electron chi connectivity index (χ1n) is 9.36. The third-order valence-electron chi connectivity index (χ3n) is 4.76. The zero-order valence-electron chi connectivity index (χ0n) is 15.9. The largest absolute Gasteiger partial charge is 0.339 e. The lowest BCUT2D eigenvalue weighted by Gasteiger charge is -2.20. The summed E-state index contributed by atoms with van der Waals surface area (Å²) in [5.41, 5.74) is 2.91. The van der Waals surface area contributed by atoms with E-state index in [9.17, 15) is 13.2 Å². The molecule has 1 saturated heterocycles. The molecule has 5 nitrogen and oxygen atoms in total. The molecule has 0 unspecified atom stereocenters. The molecule has 0 aliphatic carbocycles. The smallest absolute Gasteiger partial charge is 0.261 e. The lowest BCUT2D eigenvalue weighted by Crippen LogP contribution is -2.32. The predicted octanol–water partition coefficient (Wildman–Crippen LogP) is 4.12. The molecule has 0 radical (unpaired) electrons. The van der Waals surface area contributed by atoms with Crippen LogP contribution in [0.25, 0.3) is 0 Å². The van der Waals surface area contributed by atoms with Crippen LogP contribution < -0.4 is 4.72 Å². The second-order valence-electron chi connectivity index (χ2n) is 7.22. The van der Waals surface area contributed by atoms with Crippen molar-refractivity contribution < 1.29 is 13.2 Å². The van der Waals surface area contributed by atoms with Crippen molar-refractivity contribution in [2.24, 2.45) is 0 Å². The third kappa shape index (κ3) is 4.89. The van der Waals surface area contributed by atoms with Crippen molar-refractivity contribution in [3.8, 4) is 0 Å². The second kappa shape index (κ2) is 8.13. The van der Waals surface area contributed by atoms with Gasteiger partial charge in [-0.3, -0.25) is 9.52 Å². The molecule has 3 rings (SSSR count). The molecular formula is C21H26N2O3S. The average Bonchev–Trinajstić information content (AvgIpc) is 2.89. The monoisotopic (exact) mass is 386 g/mol. The maximum atomic E-state index is 12.8. The highest BCUT2D eigenvalue weighted by Gasteiger charge is 2.20. The van der Waals surface area contributed by atoms with Gasteiger partial charge in [0.25, 0.3) is 15.9 Å². The Hall–Kier alpha value is -2.34. The van der Waals surface area contributed by atoms with Gasteiger partial charge in [0.1, 0.15) is 0 Å². The number of sulfonamides is 1. The number of amides is 1. The van der Waals surface area contributed by atoms with Crippen molar-refractivity contribution in [2.45, 2.75) is 44.4 Å². The number of rotatable bonds is 4. The average molecular weight is 387 g/mol. The lowest BCUT2D eigenvalue weighted by atomic mass is 10.1. The van der Waals surface area contributed by atoms with Gasteiger partial charge in [-0.2, -0.15) is 0 Å². The minimum Gasteiger partial charge on any atom is -0.339 e. The summed E-state index contributed by atoms with van der Waals surface area (Å²) in [7, 11) is -3.76.